The van der Waals surface area contributed by atoms with Crippen molar-refractivity contribution in [2.75, 3.05) is 24.6 Å². The Bertz CT molecular complexity index is 504. The summed E-state index contributed by atoms with van der Waals surface area (Å²) in [6.07, 6.45) is 3.02. The number of nitrogens with zero attached hydrogens (tertiary/aromatic N) is 1. The lowest BCUT2D eigenvalue weighted by molar-refractivity contribution is -0.132. The van der Waals surface area contributed by atoms with Gasteiger partial charge in [-0.2, -0.15) is 11.8 Å². The third-order valence-electron chi connectivity index (χ3n) is 4.23. The molecule has 0 radical (unpaired) electrons. The lowest BCUT2D eigenvalue weighted by Gasteiger charge is -2.27. The minimum Gasteiger partial charge on any atom is -0.338 e. The van der Waals surface area contributed by atoms with Crippen molar-refractivity contribution in [3.63, 3.8) is 0 Å². The molecule has 0 aromatic heterocycles. The molecule has 1 saturated heterocycles. The molecule has 128 valence electrons. The quantitative estimate of drug-likeness (QED) is 0.848. The van der Waals surface area contributed by atoms with Crippen molar-refractivity contribution in [3.05, 3.63) is 35.6 Å². The van der Waals surface area contributed by atoms with Gasteiger partial charge in [-0.3, -0.25) is 4.79 Å². The van der Waals surface area contributed by atoms with E-state index in [0.29, 0.717) is 24.9 Å². The summed E-state index contributed by atoms with van der Waals surface area (Å²) in [6.45, 7) is 2.43. The highest BCUT2D eigenvalue weighted by atomic mass is 35.5. The zero-order valence-electron chi connectivity index (χ0n) is 13.2. The van der Waals surface area contributed by atoms with Gasteiger partial charge in [0.25, 0.3) is 0 Å². The van der Waals surface area contributed by atoms with E-state index >= 15 is 0 Å². The normalized spacial score (nSPS) is 20.7. The lowest BCUT2D eigenvalue weighted by atomic mass is 10.1. The van der Waals surface area contributed by atoms with Crippen LogP contribution < -0.4 is 5.32 Å². The summed E-state index contributed by atoms with van der Waals surface area (Å²) in [7, 11) is 0. The first-order chi connectivity index (χ1) is 10.7. The van der Waals surface area contributed by atoms with Crippen LogP contribution in [0.25, 0.3) is 0 Å². The molecule has 23 heavy (non-hydrogen) atoms. The second kappa shape index (κ2) is 8.90. The van der Waals surface area contributed by atoms with E-state index in [1.165, 1.54) is 25.0 Å². The van der Waals surface area contributed by atoms with E-state index in [2.05, 4.69) is 5.32 Å². The zero-order chi connectivity index (χ0) is 15.4. The number of rotatable bonds is 6. The van der Waals surface area contributed by atoms with Gasteiger partial charge in [0.2, 0.25) is 5.91 Å². The van der Waals surface area contributed by atoms with Crippen molar-refractivity contribution in [1.29, 1.82) is 0 Å². The molecule has 6 heteroatoms. The molecule has 1 aliphatic heterocycles. The molecule has 1 atom stereocenters. The molecule has 2 fully saturated rings. The van der Waals surface area contributed by atoms with Gasteiger partial charge < -0.3 is 10.2 Å². The molecule has 1 unspecified atom stereocenters. The smallest absolute Gasteiger partial charge is 0.224 e. The molecule has 2 aliphatic rings. The van der Waals surface area contributed by atoms with E-state index in [1.807, 2.05) is 16.7 Å². The maximum atomic E-state index is 13.0. The van der Waals surface area contributed by atoms with Crippen LogP contribution in [0.2, 0.25) is 0 Å². The SMILES string of the molecule is Cl.O=C(CC1CSCCN1)N(Cc1ccc(F)cc1)CC1CC1. The second-order valence-corrected chi connectivity index (χ2v) is 7.42. The maximum Gasteiger partial charge on any atom is 0.224 e. The van der Waals surface area contributed by atoms with Crippen LogP contribution in [-0.2, 0) is 11.3 Å². The van der Waals surface area contributed by atoms with Crippen LogP contribution in [0.15, 0.2) is 24.3 Å². The fourth-order valence-corrected chi connectivity index (χ4v) is 3.72. The minimum atomic E-state index is -0.229. The number of hydrogen-bond acceptors (Lipinski definition) is 3. The Kier molecular flexibility index (Phi) is 7.18. The average Bonchev–Trinajstić information content (AvgIpc) is 3.34. The number of thioether (sulfide) groups is 1. The summed E-state index contributed by atoms with van der Waals surface area (Å²) >= 11 is 1.91. The molecular formula is C17H24ClFN2OS. The van der Waals surface area contributed by atoms with Crippen LogP contribution in [0.5, 0.6) is 0 Å². The predicted octanol–water partition coefficient (Wildman–Crippen LogP) is 3.08. The van der Waals surface area contributed by atoms with Crippen LogP contribution in [0.4, 0.5) is 4.39 Å². The van der Waals surface area contributed by atoms with Gasteiger partial charge in [0.15, 0.2) is 0 Å². The summed E-state index contributed by atoms with van der Waals surface area (Å²) in [4.78, 5) is 14.6. The van der Waals surface area contributed by atoms with E-state index in [0.717, 1.165) is 30.2 Å². The lowest BCUT2D eigenvalue weighted by Crippen LogP contribution is -2.43. The predicted molar refractivity (Wildman–Crippen MR) is 95.5 cm³/mol. The topological polar surface area (TPSA) is 32.3 Å². The van der Waals surface area contributed by atoms with E-state index in [4.69, 9.17) is 0 Å². The Morgan fingerprint density at radius 1 is 1.30 bits per heavy atom. The summed E-state index contributed by atoms with van der Waals surface area (Å²) in [5, 5.41) is 3.43. The van der Waals surface area contributed by atoms with Gasteiger partial charge >= 0.3 is 0 Å². The molecule has 3 rings (SSSR count). The fraction of sp³-hybridized carbons (Fsp3) is 0.588. The van der Waals surface area contributed by atoms with Gasteiger partial charge in [0, 0.05) is 43.6 Å². The Morgan fingerprint density at radius 3 is 2.65 bits per heavy atom. The van der Waals surface area contributed by atoms with Crippen molar-refractivity contribution in [1.82, 2.24) is 10.2 Å². The Balaban J connectivity index is 0.00000192. The molecule has 0 spiro atoms. The first kappa shape index (κ1) is 18.6. The average molecular weight is 359 g/mol. The van der Waals surface area contributed by atoms with Crippen LogP contribution in [-0.4, -0.2) is 41.4 Å². The summed E-state index contributed by atoms with van der Waals surface area (Å²) < 4.78 is 13.0. The molecular weight excluding hydrogens is 335 g/mol. The van der Waals surface area contributed by atoms with Crippen molar-refractivity contribution < 1.29 is 9.18 Å². The van der Waals surface area contributed by atoms with Crippen molar-refractivity contribution >= 4 is 30.1 Å². The number of amides is 1. The number of hydrogen-bond donors (Lipinski definition) is 1. The van der Waals surface area contributed by atoms with E-state index in [9.17, 15) is 9.18 Å². The zero-order valence-corrected chi connectivity index (χ0v) is 14.8. The Morgan fingerprint density at radius 2 is 2.04 bits per heavy atom. The molecule has 1 saturated carbocycles. The number of benzene rings is 1. The Hall–Kier alpha value is -0.780. The first-order valence-electron chi connectivity index (χ1n) is 8.04. The fourth-order valence-electron chi connectivity index (χ4n) is 2.77. The Labute approximate surface area is 147 Å². The third-order valence-corrected chi connectivity index (χ3v) is 5.37. The molecule has 1 aromatic rings. The minimum absolute atomic E-state index is 0. The number of carbonyl (C=O) groups excluding carboxylic acids is 1. The molecule has 0 bridgehead atoms. The van der Waals surface area contributed by atoms with E-state index < -0.39 is 0 Å². The third kappa shape index (κ3) is 5.98. The first-order valence-corrected chi connectivity index (χ1v) is 9.19. The van der Waals surface area contributed by atoms with Gasteiger partial charge in [-0.25, -0.2) is 4.39 Å². The van der Waals surface area contributed by atoms with Crippen molar-refractivity contribution in [3.8, 4) is 0 Å². The standard InChI is InChI=1S/C17H23FN2OS.ClH/c18-15-5-3-14(4-6-15)11-20(10-13-1-2-13)17(21)9-16-12-22-8-7-19-16;/h3-6,13,16,19H,1-2,7-12H2;1H. The van der Waals surface area contributed by atoms with Gasteiger partial charge in [0.1, 0.15) is 5.82 Å². The highest BCUT2D eigenvalue weighted by molar-refractivity contribution is 7.99. The number of carbonyl (C=O) groups is 1. The molecule has 1 N–H and O–H groups in total. The van der Waals surface area contributed by atoms with Crippen molar-refractivity contribution in [2.24, 2.45) is 5.92 Å². The number of halogens is 2. The molecule has 3 nitrogen and oxygen atoms in total. The van der Waals surface area contributed by atoms with Crippen LogP contribution in [0.3, 0.4) is 0 Å². The molecule has 1 aliphatic carbocycles. The van der Waals surface area contributed by atoms with Gasteiger partial charge in [0.05, 0.1) is 0 Å². The van der Waals surface area contributed by atoms with E-state index in [1.54, 1.807) is 12.1 Å². The van der Waals surface area contributed by atoms with Gasteiger partial charge in [-0.05, 0) is 36.5 Å². The second-order valence-electron chi connectivity index (χ2n) is 6.27. The van der Waals surface area contributed by atoms with Crippen LogP contribution in [0, 0.1) is 11.7 Å². The highest BCUT2D eigenvalue weighted by Gasteiger charge is 2.28. The van der Waals surface area contributed by atoms with Gasteiger partial charge in [-0.1, -0.05) is 12.1 Å². The number of nitrogens with one attached hydrogen (secondary N) is 1. The summed E-state index contributed by atoms with van der Waals surface area (Å²) in [5.41, 5.74) is 1.00. The highest BCUT2D eigenvalue weighted by Crippen LogP contribution is 2.30. The van der Waals surface area contributed by atoms with Gasteiger partial charge in [-0.15, -0.1) is 12.4 Å². The van der Waals surface area contributed by atoms with Crippen LogP contribution in [0.1, 0.15) is 24.8 Å². The summed E-state index contributed by atoms with van der Waals surface area (Å²) in [5.74, 6) is 2.80. The molecule has 1 aromatic carbocycles. The monoisotopic (exact) mass is 358 g/mol. The van der Waals surface area contributed by atoms with Crippen molar-refractivity contribution in [2.45, 2.75) is 31.8 Å². The molecule has 1 heterocycles. The summed E-state index contributed by atoms with van der Waals surface area (Å²) in [6, 6.07) is 6.78. The maximum absolute atomic E-state index is 13.0. The van der Waals surface area contributed by atoms with E-state index in [-0.39, 0.29) is 24.1 Å². The molecule has 1 amide bonds. The van der Waals surface area contributed by atoms with Crippen LogP contribution >= 0.6 is 24.2 Å². The largest absolute Gasteiger partial charge is 0.338 e.